The van der Waals surface area contributed by atoms with Crippen LogP contribution in [0.3, 0.4) is 0 Å². The molecule has 218 valence electrons. The monoisotopic (exact) mass is 584 g/mol. The van der Waals surface area contributed by atoms with Crippen molar-refractivity contribution >= 4 is 35.1 Å². The van der Waals surface area contributed by atoms with Crippen molar-refractivity contribution in [2.45, 2.75) is 18.3 Å². The third-order valence-electron chi connectivity index (χ3n) is 9.59. The highest BCUT2D eigenvalue weighted by Crippen LogP contribution is 2.61. The van der Waals surface area contributed by atoms with Crippen molar-refractivity contribution in [3.05, 3.63) is 119 Å². The molecule has 8 nitrogen and oxygen atoms in total. The van der Waals surface area contributed by atoms with Gasteiger partial charge in [-0.25, -0.2) is 4.90 Å². The molecule has 4 aromatic carbocycles. The second kappa shape index (κ2) is 9.91. The highest BCUT2D eigenvalue weighted by atomic mass is 16.5. The van der Waals surface area contributed by atoms with Crippen LogP contribution in [0.4, 0.5) is 11.4 Å². The number of amides is 3. The van der Waals surface area contributed by atoms with Gasteiger partial charge in [-0.1, -0.05) is 54.6 Å². The second-order valence-corrected chi connectivity index (χ2v) is 11.8. The van der Waals surface area contributed by atoms with Gasteiger partial charge in [0, 0.05) is 36.6 Å². The molecule has 0 aromatic heterocycles. The molecule has 44 heavy (non-hydrogen) atoms. The summed E-state index contributed by atoms with van der Waals surface area (Å²) < 4.78 is 10.9. The van der Waals surface area contributed by atoms with E-state index in [1.807, 2.05) is 24.3 Å². The average Bonchev–Trinajstić information content (AvgIpc) is 3.58. The normalized spacial score (nSPS) is 24.7. The minimum absolute atomic E-state index is 0.0425. The van der Waals surface area contributed by atoms with E-state index in [1.165, 1.54) is 4.90 Å². The Hall–Kier alpha value is -5.24. The number of imide groups is 1. The predicted octanol–water partition coefficient (Wildman–Crippen LogP) is 5.05. The lowest BCUT2D eigenvalue weighted by Crippen LogP contribution is -2.41. The fourth-order valence-electron chi connectivity index (χ4n) is 7.69. The molecule has 8 heteroatoms. The van der Waals surface area contributed by atoms with Gasteiger partial charge in [0.05, 0.1) is 30.6 Å². The molecule has 0 unspecified atom stereocenters. The largest absolute Gasteiger partial charge is 0.497 e. The van der Waals surface area contributed by atoms with E-state index in [2.05, 4.69) is 24.3 Å². The fourth-order valence-corrected chi connectivity index (χ4v) is 7.69. The topological polar surface area (TPSA) is 93.2 Å². The van der Waals surface area contributed by atoms with Crippen LogP contribution >= 0.6 is 0 Å². The zero-order valence-corrected chi connectivity index (χ0v) is 23.9. The van der Waals surface area contributed by atoms with Crippen LogP contribution in [0.15, 0.2) is 97.1 Å². The van der Waals surface area contributed by atoms with Crippen LogP contribution in [0.5, 0.6) is 11.5 Å². The molecule has 3 aliphatic carbocycles. The maximum Gasteiger partial charge on any atom is 0.316 e. The second-order valence-electron chi connectivity index (χ2n) is 11.8. The zero-order chi connectivity index (χ0) is 30.1. The summed E-state index contributed by atoms with van der Waals surface area (Å²) in [7, 11) is 1.56. The van der Waals surface area contributed by atoms with E-state index in [1.54, 1.807) is 60.5 Å². The number of ether oxygens (including phenoxy) is 2. The summed E-state index contributed by atoms with van der Waals surface area (Å²) in [6.45, 7) is 0.204. The lowest BCUT2D eigenvalue weighted by molar-refractivity contribution is -0.139. The lowest BCUT2D eigenvalue weighted by atomic mass is 9.55. The Bertz CT molecular complexity index is 1750. The summed E-state index contributed by atoms with van der Waals surface area (Å²) >= 11 is 0. The summed E-state index contributed by atoms with van der Waals surface area (Å²) in [4.78, 5) is 56.6. The molecular formula is C36H28N2O6. The van der Waals surface area contributed by atoms with Crippen molar-refractivity contribution in [1.29, 1.82) is 0 Å². The molecule has 5 aliphatic rings. The molecule has 2 bridgehead atoms. The molecule has 2 saturated heterocycles. The van der Waals surface area contributed by atoms with E-state index in [0.29, 0.717) is 17.1 Å². The number of methoxy groups -OCH3 is 1. The number of anilines is 2. The van der Waals surface area contributed by atoms with Gasteiger partial charge in [0.2, 0.25) is 17.7 Å². The van der Waals surface area contributed by atoms with E-state index in [-0.39, 0.29) is 48.3 Å². The number of nitrogens with zero attached hydrogens (tertiary/aromatic N) is 2. The number of hydrogen-bond acceptors (Lipinski definition) is 6. The van der Waals surface area contributed by atoms with E-state index >= 15 is 0 Å². The van der Waals surface area contributed by atoms with Crippen molar-refractivity contribution in [3.8, 4) is 11.5 Å². The maximum atomic E-state index is 14.0. The molecule has 4 aromatic rings. The Kier molecular flexibility index (Phi) is 5.94. The van der Waals surface area contributed by atoms with Gasteiger partial charge in [-0.05, 0) is 58.7 Å². The van der Waals surface area contributed by atoms with Crippen LogP contribution < -0.4 is 19.3 Å². The smallest absolute Gasteiger partial charge is 0.316 e. The average molecular weight is 585 g/mol. The summed E-state index contributed by atoms with van der Waals surface area (Å²) in [5.41, 5.74) is 5.60. The number of esters is 1. The first kappa shape index (κ1) is 26.4. The van der Waals surface area contributed by atoms with Gasteiger partial charge in [0.15, 0.2) is 0 Å². The summed E-state index contributed by atoms with van der Waals surface area (Å²) in [5, 5.41) is 0. The minimum atomic E-state index is -0.628. The third kappa shape index (κ3) is 3.83. The van der Waals surface area contributed by atoms with Gasteiger partial charge in [-0.3, -0.25) is 19.2 Å². The Morgan fingerprint density at radius 1 is 0.682 bits per heavy atom. The first-order valence-corrected chi connectivity index (χ1v) is 14.8. The highest BCUT2D eigenvalue weighted by molar-refractivity contribution is 6.23. The van der Waals surface area contributed by atoms with Crippen molar-refractivity contribution in [3.63, 3.8) is 0 Å². The third-order valence-corrected chi connectivity index (χ3v) is 9.59. The van der Waals surface area contributed by atoms with Gasteiger partial charge in [0.25, 0.3) is 0 Å². The molecule has 2 heterocycles. The SMILES string of the molecule is COc1cccc(N2C[C@@H](C(=O)Oc3ccc(N4C(=O)[C@@H]5C6c7ccccc7C(c7ccccc76)[C@@H]5C4=O)cc3)CC2=O)c1. The Labute approximate surface area is 253 Å². The Morgan fingerprint density at radius 3 is 1.80 bits per heavy atom. The standard InChI is InChI=1S/C36H28N2O6/c1-43-24-8-6-7-22(18-24)37-19-20(17-29(37)39)36(42)44-23-15-13-21(14-16-23)38-34(40)32-30-25-9-2-3-10-26(25)31(33(32)35(38)41)28-12-5-4-11-27(28)30/h2-16,18,20,30-33H,17,19H2,1H3/t20-,30?,31?,32-,33+/m0/s1. The molecule has 3 amide bonds. The van der Waals surface area contributed by atoms with E-state index < -0.39 is 23.7 Å². The number of carbonyl (C=O) groups is 4. The number of carbonyl (C=O) groups excluding carboxylic acids is 4. The number of benzene rings is 4. The Balaban J connectivity index is 1.01. The number of rotatable bonds is 5. The van der Waals surface area contributed by atoms with Gasteiger partial charge in [-0.15, -0.1) is 0 Å². The highest BCUT2D eigenvalue weighted by Gasteiger charge is 2.61. The van der Waals surface area contributed by atoms with Crippen molar-refractivity contribution in [2.24, 2.45) is 17.8 Å². The summed E-state index contributed by atoms with van der Waals surface area (Å²) in [5.74, 6) is -2.10. The Morgan fingerprint density at radius 2 is 1.25 bits per heavy atom. The number of hydrogen-bond donors (Lipinski definition) is 0. The van der Waals surface area contributed by atoms with Crippen LogP contribution in [-0.2, 0) is 19.2 Å². The van der Waals surface area contributed by atoms with Gasteiger partial charge in [-0.2, -0.15) is 0 Å². The van der Waals surface area contributed by atoms with Crippen LogP contribution in [0.2, 0.25) is 0 Å². The van der Waals surface area contributed by atoms with Gasteiger partial charge in [0.1, 0.15) is 11.5 Å². The predicted molar refractivity (Wildman–Crippen MR) is 162 cm³/mol. The summed E-state index contributed by atoms with van der Waals surface area (Å²) in [6, 6.07) is 29.9. The fraction of sp³-hybridized carbons (Fsp3) is 0.222. The van der Waals surface area contributed by atoms with E-state index in [0.717, 1.165) is 22.3 Å². The van der Waals surface area contributed by atoms with E-state index in [4.69, 9.17) is 9.47 Å². The van der Waals surface area contributed by atoms with Gasteiger partial charge >= 0.3 is 5.97 Å². The first-order valence-electron chi connectivity index (χ1n) is 14.8. The molecule has 2 fully saturated rings. The molecule has 0 saturated carbocycles. The van der Waals surface area contributed by atoms with Crippen molar-refractivity contribution < 1.29 is 28.7 Å². The van der Waals surface area contributed by atoms with E-state index in [9.17, 15) is 19.2 Å². The first-order chi connectivity index (χ1) is 21.4. The zero-order valence-electron chi connectivity index (χ0n) is 23.9. The molecule has 0 radical (unpaired) electrons. The van der Waals surface area contributed by atoms with Crippen molar-refractivity contribution in [2.75, 3.05) is 23.5 Å². The summed E-state index contributed by atoms with van der Waals surface area (Å²) in [6.07, 6.45) is 0.0425. The molecule has 2 aliphatic heterocycles. The van der Waals surface area contributed by atoms with Gasteiger partial charge < -0.3 is 14.4 Å². The molecule has 9 rings (SSSR count). The minimum Gasteiger partial charge on any atom is -0.497 e. The maximum absolute atomic E-state index is 14.0. The molecule has 0 N–H and O–H groups in total. The molecular weight excluding hydrogens is 556 g/mol. The molecule has 3 atom stereocenters. The quantitative estimate of drug-likeness (QED) is 0.185. The van der Waals surface area contributed by atoms with Crippen LogP contribution in [0.25, 0.3) is 0 Å². The van der Waals surface area contributed by atoms with Crippen molar-refractivity contribution in [1.82, 2.24) is 0 Å². The van der Waals surface area contributed by atoms with Crippen LogP contribution in [-0.4, -0.2) is 37.3 Å². The van der Waals surface area contributed by atoms with Crippen LogP contribution in [0.1, 0.15) is 40.5 Å². The lowest BCUT2D eigenvalue weighted by Gasteiger charge is -2.45. The van der Waals surface area contributed by atoms with Crippen LogP contribution in [0, 0.1) is 17.8 Å². The molecule has 0 spiro atoms.